The number of methoxy groups -OCH3 is 1. The number of hydrogen-bond donors (Lipinski definition) is 2. The highest BCUT2D eigenvalue weighted by Crippen LogP contribution is 2.20. The highest BCUT2D eigenvalue weighted by molar-refractivity contribution is 6.04. The van der Waals surface area contributed by atoms with Crippen LogP contribution in [0.15, 0.2) is 24.3 Å². The summed E-state index contributed by atoms with van der Waals surface area (Å²) in [4.78, 5) is 24.2. The Kier molecular flexibility index (Phi) is 6.37. The molecule has 0 radical (unpaired) electrons. The molecule has 0 aromatic heterocycles. The van der Waals surface area contributed by atoms with Crippen molar-refractivity contribution in [2.75, 3.05) is 25.6 Å². The zero-order chi connectivity index (χ0) is 15.9. The SMILES string of the molecule is COCCCNC(=O)c1ccccc1NC(=O)C(C)(C)C. The highest BCUT2D eigenvalue weighted by atomic mass is 16.5. The summed E-state index contributed by atoms with van der Waals surface area (Å²) in [6, 6.07) is 6.99. The molecular weight excluding hydrogens is 268 g/mol. The summed E-state index contributed by atoms with van der Waals surface area (Å²) in [7, 11) is 1.62. The molecule has 0 spiro atoms. The van der Waals surface area contributed by atoms with Crippen LogP contribution in [0.3, 0.4) is 0 Å². The summed E-state index contributed by atoms with van der Waals surface area (Å²) < 4.78 is 4.93. The van der Waals surface area contributed by atoms with Crippen molar-refractivity contribution in [3.05, 3.63) is 29.8 Å². The summed E-state index contributed by atoms with van der Waals surface area (Å²) in [5.74, 6) is -0.321. The van der Waals surface area contributed by atoms with E-state index in [0.29, 0.717) is 24.4 Å². The lowest BCUT2D eigenvalue weighted by molar-refractivity contribution is -0.123. The fourth-order valence-corrected chi connectivity index (χ4v) is 1.61. The van der Waals surface area contributed by atoms with Crippen molar-refractivity contribution in [2.45, 2.75) is 27.2 Å². The molecule has 0 heterocycles. The predicted octanol–water partition coefficient (Wildman–Crippen LogP) is 2.44. The van der Waals surface area contributed by atoms with Crippen molar-refractivity contribution >= 4 is 17.5 Å². The van der Waals surface area contributed by atoms with Gasteiger partial charge in [0.1, 0.15) is 0 Å². The van der Waals surface area contributed by atoms with E-state index in [-0.39, 0.29) is 11.8 Å². The number of para-hydroxylation sites is 1. The topological polar surface area (TPSA) is 67.4 Å². The van der Waals surface area contributed by atoms with Gasteiger partial charge in [0.05, 0.1) is 11.3 Å². The van der Waals surface area contributed by atoms with Crippen LogP contribution in [0.5, 0.6) is 0 Å². The van der Waals surface area contributed by atoms with Gasteiger partial charge >= 0.3 is 0 Å². The van der Waals surface area contributed by atoms with Crippen molar-refractivity contribution < 1.29 is 14.3 Å². The second kappa shape index (κ2) is 7.78. The molecule has 0 aliphatic rings. The summed E-state index contributed by atoms with van der Waals surface area (Å²) in [6.07, 6.45) is 0.749. The molecule has 0 saturated heterocycles. The number of ether oxygens (including phenoxy) is 1. The van der Waals surface area contributed by atoms with E-state index in [4.69, 9.17) is 4.74 Å². The van der Waals surface area contributed by atoms with Crippen molar-refractivity contribution in [1.82, 2.24) is 5.32 Å². The number of hydrogen-bond acceptors (Lipinski definition) is 3. The molecule has 0 aliphatic heterocycles. The smallest absolute Gasteiger partial charge is 0.253 e. The van der Waals surface area contributed by atoms with Gasteiger partial charge in [-0.1, -0.05) is 32.9 Å². The Labute approximate surface area is 126 Å². The Balaban J connectivity index is 2.75. The molecule has 1 aromatic rings. The third-order valence-corrected chi connectivity index (χ3v) is 2.91. The molecule has 1 rings (SSSR count). The van der Waals surface area contributed by atoms with Gasteiger partial charge in [-0.3, -0.25) is 9.59 Å². The van der Waals surface area contributed by atoms with Crippen LogP contribution in [-0.4, -0.2) is 32.1 Å². The van der Waals surface area contributed by atoms with E-state index in [1.54, 1.807) is 31.4 Å². The molecule has 5 heteroatoms. The molecule has 0 unspecified atom stereocenters. The zero-order valence-corrected chi connectivity index (χ0v) is 13.2. The van der Waals surface area contributed by atoms with Gasteiger partial charge in [-0.15, -0.1) is 0 Å². The Morgan fingerprint density at radius 2 is 1.86 bits per heavy atom. The maximum Gasteiger partial charge on any atom is 0.253 e. The Hall–Kier alpha value is -1.88. The summed E-state index contributed by atoms with van der Waals surface area (Å²) >= 11 is 0. The third-order valence-electron chi connectivity index (χ3n) is 2.91. The van der Waals surface area contributed by atoms with Crippen LogP contribution in [-0.2, 0) is 9.53 Å². The van der Waals surface area contributed by atoms with Crippen LogP contribution in [0.4, 0.5) is 5.69 Å². The number of carbonyl (C=O) groups is 2. The van der Waals surface area contributed by atoms with E-state index in [2.05, 4.69) is 10.6 Å². The van der Waals surface area contributed by atoms with Crippen molar-refractivity contribution in [1.29, 1.82) is 0 Å². The average molecular weight is 292 g/mol. The first-order chi connectivity index (χ1) is 9.86. The summed E-state index contributed by atoms with van der Waals surface area (Å²) in [5, 5.41) is 5.62. The molecule has 116 valence electrons. The Bertz CT molecular complexity index is 493. The average Bonchev–Trinajstić information content (AvgIpc) is 2.43. The van der Waals surface area contributed by atoms with E-state index >= 15 is 0 Å². The minimum atomic E-state index is -0.512. The van der Waals surface area contributed by atoms with Gasteiger partial charge in [-0.2, -0.15) is 0 Å². The summed E-state index contributed by atoms with van der Waals surface area (Å²) in [6.45, 7) is 6.62. The largest absolute Gasteiger partial charge is 0.385 e. The van der Waals surface area contributed by atoms with E-state index < -0.39 is 5.41 Å². The number of benzene rings is 1. The fourth-order valence-electron chi connectivity index (χ4n) is 1.61. The molecule has 0 bridgehead atoms. The molecular formula is C16H24N2O3. The van der Waals surface area contributed by atoms with Gasteiger partial charge < -0.3 is 15.4 Å². The maximum absolute atomic E-state index is 12.2. The predicted molar refractivity (Wildman–Crippen MR) is 83.4 cm³/mol. The van der Waals surface area contributed by atoms with E-state index in [1.807, 2.05) is 20.8 Å². The van der Waals surface area contributed by atoms with Crippen LogP contribution in [0.2, 0.25) is 0 Å². The van der Waals surface area contributed by atoms with E-state index in [0.717, 1.165) is 6.42 Å². The summed E-state index contributed by atoms with van der Waals surface area (Å²) in [5.41, 5.74) is 0.483. The van der Waals surface area contributed by atoms with Crippen LogP contribution < -0.4 is 10.6 Å². The van der Waals surface area contributed by atoms with Gasteiger partial charge in [0, 0.05) is 25.7 Å². The molecule has 2 amide bonds. The molecule has 0 aliphatic carbocycles. The minimum absolute atomic E-state index is 0.123. The number of amides is 2. The van der Waals surface area contributed by atoms with Crippen molar-refractivity contribution in [3.63, 3.8) is 0 Å². The monoisotopic (exact) mass is 292 g/mol. The molecule has 0 fully saturated rings. The standard InChI is InChI=1S/C16H24N2O3/c1-16(2,3)15(20)18-13-9-6-5-8-12(13)14(19)17-10-7-11-21-4/h5-6,8-9H,7,10-11H2,1-4H3,(H,17,19)(H,18,20). The molecule has 21 heavy (non-hydrogen) atoms. The molecule has 0 saturated carbocycles. The molecule has 5 nitrogen and oxygen atoms in total. The van der Waals surface area contributed by atoms with Crippen LogP contribution >= 0.6 is 0 Å². The number of rotatable bonds is 6. The lowest BCUT2D eigenvalue weighted by Gasteiger charge is -2.19. The number of anilines is 1. The maximum atomic E-state index is 12.2. The lowest BCUT2D eigenvalue weighted by atomic mass is 9.95. The minimum Gasteiger partial charge on any atom is -0.385 e. The third kappa shape index (κ3) is 5.55. The Morgan fingerprint density at radius 3 is 2.48 bits per heavy atom. The van der Waals surface area contributed by atoms with E-state index in [1.165, 1.54) is 0 Å². The van der Waals surface area contributed by atoms with Crippen LogP contribution in [0.1, 0.15) is 37.6 Å². The Morgan fingerprint density at radius 1 is 1.19 bits per heavy atom. The molecule has 2 N–H and O–H groups in total. The molecule has 0 atom stereocenters. The first kappa shape index (κ1) is 17.2. The quantitative estimate of drug-likeness (QED) is 0.791. The van der Waals surface area contributed by atoms with Gasteiger partial charge in [-0.05, 0) is 18.6 Å². The molecule has 1 aromatic carbocycles. The van der Waals surface area contributed by atoms with Crippen LogP contribution in [0, 0.1) is 5.41 Å². The van der Waals surface area contributed by atoms with Gasteiger partial charge in [0.2, 0.25) is 5.91 Å². The first-order valence-corrected chi connectivity index (χ1v) is 7.04. The zero-order valence-electron chi connectivity index (χ0n) is 13.2. The fraction of sp³-hybridized carbons (Fsp3) is 0.500. The lowest BCUT2D eigenvalue weighted by Crippen LogP contribution is -2.30. The normalized spacial score (nSPS) is 11.0. The highest BCUT2D eigenvalue weighted by Gasteiger charge is 2.22. The second-order valence-corrected chi connectivity index (χ2v) is 5.85. The number of carbonyl (C=O) groups excluding carboxylic acids is 2. The first-order valence-electron chi connectivity index (χ1n) is 7.04. The second-order valence-electron chi connectivity index (χ2n) is 5.85. The number of nitrogens with one attached hydrogen (secondary N) is 2. The van der Waals surface area contributed by atoms with Gasteiger partial charge in [-0.25, -0.2) is 0 Å². The van der Waals surface area contributed by atoms with E-state index in [9.17, 15) is 9.59 Å². The van der Waals surface area contributed by atoms with Crippen molar-refractivity contribution in [2.24, 2.45) is 5.41 Å². The van der Waals surface area contributed by atoms with Gasteiger partial charge in [0.15, 0.2) is 0 Å². The van der Waals surface area contributed by atoms with Gasteiger partial charge in [0.25, 0.3) is 5.91 Å². The van der Waals surface area contributed by atoms with Crippen LogP contribution in [0.25, 0.3) is 0 Å². The van der Waals surface area contributed by atoms with Crippen molar-refractivity contribution in [3.8, 4) is 0 Å².